The summed E-state index contributed by atoms with van der Waals surface area (Å²) in [6.45, 7) is 11.7. The summed E-state index contributed by atoms with van der Waals surface area (Å²) in [6.07, 6.45) is 7.72. The topological polar surface area (TPSA) is 4.93 Å². The molecule has 14 heavy (non-hydrogen) atoms. The Labute approximate surface area is 86.1 Å². The Balaban J connectivity index is 3.39. The molecule has 0 amide bonds. The SMILES string of the molecule is C=C/C=C\c1c(C=C)c(C)n(C)c1C. The van der Waals surface area contributed by atoms with Gasteiger partial charge in [-0.25, -0.2) is 0 Å². The van der Waals surface area contributed by atoms with E-state index in [0.717, 1.165) is 0 Å². The van der Waals surface area contributed by atoms with E-state index in [-0.39, 0.29) is 0 Å². The van der Waals surface area contributed by atoms with Crippen LogP contribution in [0.15, 0.2) is 25.3 Å². The molecule has 74 valence electrons. The standard InChI is InChI=1S/C13H17N/c1-6-8-9-13-11(4)14(5)10(3)12(13)7-2/h6-9H,1-2H2,3-5H3/b9-8-. The Bertz CT molecular complexity index is 392. The third kappa shape index (κ3) is 1.58. The van der Waals surface area contributed by atoms with E-state index < -0.39 is 0 Å². The quantitative estimate of drug-likeness (QED) is 0.638. The van der Waals surface area contributed by atoms with E-state index in [4.69, 9.17) is 0 Å². The number of allylic oxidation sites excluding steroid dienone is 2. The van der Waals surface area contributed by atoms with Gasteiger partial charge < -0.3 is 4.57 Å². The van der Waals surface area contributed by atoms with Crippen LogP contribution < -0.4 is 0 Å². The molecule has 0 aliphatic heterocycles. The first-order valence-corrected chi connectivity index (χ1v) is 4.70. The second-order valence-electron chi connectivity index (χ2n) is 3.36. The van der Waals surface area contributed by atoms with Crippen LogP contribution in [0.4, 0.5) is 0 Å². The minimum atomic E-state index is 1.21. The first kappa shape index (κ1) is 10.6. The molecule has 0 unspecified atom stereocenters. The number of aromatic nitrogens is 1. The van der Waals surface area contributed by atoms with Gasteiger partial charge in [0.05, 0.1) is 0 Å². The summed E-state index contributed by atoms with van der Waals surface area (Å²) < 4.78 is 2.18. The van der Waals surface area contributed by atoms with Gasteiger partial charge in [0, 0.05) is 29.6 Å². The van der Waals surface area contributed by atoms with Crippen LogP contribution in [0.5, 0.6) is 0 Å². The molecule has 1 heterocycles. The first-order valence-electron chi connectivity index (χ1n) is 4.70. The summed E-state index contributed by atoms with van der Waals surface area (Å²) in [5.41, 5.74) is 4.96. The first-order chi connectivity index (χ1) is 6.63. The molecule has 0 aromatic carbocycles. The van der Waals surface area contributed by atoms with Crippen LogP contribution in [0.1, 0.15) is 22.5 Å². The van der Waals surface area contributed by atoms with Crippen molar-refractivity contribution in [2.24, 2.45) is 7.05 Å². The van der Waals surface area contributed by atoms with Gasteiger partial charge in [0.1, 0.15) is 0 Å². The molecule has 0 radical (unpaired) electrons. The van der Waals surface area contributed by atoms with Gasteiger partial charge >= 0.3 is 0 Å². The van der Waals surface area contributed by atoms with Crippen LogP contribution in [-0.2, 0) is 7.05 Å². The molecule has 0 saturated carbocycles. The molecule has 1 aromatic rings. The van der Waals surface area contributed by atoms with Gasteiger partial charge in [-0.05, 0) is 13.8 Å². The van der Waals surface area contributed by atoms with Crippen molar-refractivity contribution in [1.82, 2.24) is 4.57 Å². The normalized spacial score (nSPS) is 10.8. The average Bonchev–Trinajstić information content (AvgIpc) is 2.39. The van der Waals surface area contributed by atoms with Gasteiger partial charge in [0.25, 0.3) is 0 Å². The number of rotatable bonds is 3. The Morgan fingerprint density at radius 3 is 2.14 bits per heavy atom. The molecule has 0 N–H and O–H groups in total. The molecule has 1 rings (SSSR count). The molecule has 0 spiro atoms. The summed E-state index contributed by atoms with van der Waals surface area (Å²) in [5, 5.41) is 0. The predicted octanol–water partition coefficient (Wildman–Crippen LogP) is 3.48. The van der Waals surface area contributed by atoms with Crippen molar-refractivity contribution in [3.05, 3.63) is 47.8 Å². The maximum Gasteiger partial charge on any atom is 0.0222 e. The van der Waals surface area contributed by atoms with Crippen LogP contribution >= 0.6 is 0 Å². The van der Waals surface area contributed by atoms with Crippen LogP contribution in [0.3, 0.4) is 0 Å². The van der Waals surface area contributed by atoms with Gasteiger partial charge in [-0.15, -0.1) is 0 Å². The second-order valence-corrected chi connectivity index (χ2v) is 3.36. The fourth-order valence-corrected chi connectivity index (χ4v) is 1.64. The van der Waals surface area contributed by atoms with E-state index >= 15 is 0 Å². The highest BCUT2D eigenvalue weighted by Gasteiger charge is 2.09. The van der Waals surface area contributed by atoms with E-state index in [2.05, 4.69) is 44.7 Å². The highest BCUT2D eigenvalue weighted by molar-refractivity contribution is 5.69. The summed E-state index contributed by atoms with van der Waals surface area (Å²) in [6, 6.07) is 0. The third-order valence-electron chi connectivity index (χ3n) is 2.68. The summed E-state index contributed by atoms with van der Waals surface area (Å²) in [7, 11) is 2.07. The Morgan fingerprint density at radius 2 is 1.64 bits per heavy atom. The monoisotopic (exact) mass is 187 g/mol. The Morgan fingerprint density at radius 1 is 1.07 bits per heavy atom. The zero-order chi connectivity index (χ0) is 10.7. The van der Waals surface area contributed by atoms with Crippen molar-refractivity contribution in [1.29, 1.82) is 0 Å². The molecule has 0 bridgehead atoms. The largest absolute Gasteiger partial charge is 0.351 e. The summed E-state index contributed by atoms with van der Waals surface area (Å²) in [5.74, 6) is 0. The highest BCUT2D eigenvalue weighted by atomic mass is 15.0. The fourth-order valence-electron chi connectivity index (χ4n) is 1.64. The predicted molar refractivity (Wildman–Crippen MR) is 64.2 cm³/mol. The lowest BCUT2D eigenvalue weighted by Crippen LogP contribution is -1.92. The van der Waals surface area contributed by atoms with Crippen LogP contribution in [0, 0.1) is 13.8 Å². The van der Waals surface area contributed by atoms with Crippen molar-refractivity contribution >= 4 is 12.2 Å². The molecule has 0 saturated heterocycles. The van der Waals surface area contributed by atoms with Gasteiger partial charge in [-0.1, -0.05) is 37.5 Å². The number of hydrogen-bond donors (Lipinski definition) is 0. The van der Waals surface area contributed by atoms with Crippen LogP contribution in [-0.4, -0.2) is 4.57 Å². The molecule has 0 fully saturated rings. The molecule has 1 aromatic heterocycles. The van der Waals surface area contributed by atoms with Crippen molar-refractivity contribution in [2.75, 3.05) is 0 Å². The Hall–Kier alpha value is -1.50. The molecule has 1 heteroatoms. The van der Waals surface area contributed by atoms with E-state index in [9.17, 15) is 0 Å². The average molecular weight is 187 g/mol. The van der Waals surface area contributed by atoms with Crippen molar-refractivity contribution in [3.8, 4) is 0 Å². The summed E-state index contributed by atoms with van der Waals surface area (Å²) in [4.78, 5) is 0. The van der Waals surface area contributed by atoms with Crippen molar-refractivity contribution < 1.29 is 0 Å². The van der Waals surface area contributed by atoms with E-state index in [1.165, 1.54) is 22.5 Å². The maximum absolute atomic E-state index is 3.84. The molecular formula is C13H17N. The minimum absolute atomic E-state index is 1.21. The second kappa shape index (κ2) is 4.14. The van der Waals surface area contributed by atoms with Crippen molar-refractivity contribution in [3.63, 3.8) is 0 Å². The van der Waals surface area contributed by atoms with E-state index in [1.807, 2.05) is 12.2 Å². The van der Waals surface area contributed by atoms with E-state index in [1.54, 1.807) is 6.08 Å². The smallest absolute Gasteiger partial charge is 0.0222 e. The van der Waals surface area contributed by atoms with Gasteiger partial charge in [0.2, 0.25) is 0 Å². The van der Waals surface area contributed by atoms with Gasteiger partial charge in [-0.2, -0.15) is 0 Å². The summed E-state index contributed by atoms with van der Waals surface area (Å²) >= 11 is 0. The third-order valence-corrected chi connectivity index (χ3v) is 2.68. The van der Waals surface area contributed by atoms with Crippen LogP contribution in [0.25, 0.3) is 12.2 Å². The molecule has 0 aliphatic carbocycles. The fraction of sp³-hybridized carbons (Fsp3) is 0.231. The molecule has 0 aliphatic rings. The molecule has 0 atom stereocenters. The van der Waals surface area contributed by atoms with Gasteiger partial charge in [-0.3, -0.25) is 0 Å². The minimum Gasteiger partial charge on any atom is -0.351 e. The number of nitrogens with zero attached hydrogens (tertiary/aromatic N) is 1. The van der Waals surface area contributed by atoms with E-state index in [0.29, 0.717) is 0 Å². The lowest BCUT2D eigenvalue weighted by Gasteiger charge is -1.98. The zero-order valence-corrected chi connectivity index (χ0v) is 9.17. The maximum atomic E-state index is 3.84. The van der Waals surface area contributed by atoms with Crippen molar-refractivity contribution in [2.45, 2.75) is 13.8 Å². The number of hydrogen-bond acceptors (Lipinski definition) is 0. The highest BCUT2D eigenvalue weighted by Crippen LogP contribution is 2.23. The van der Waals surface area contributed by atoms with Crippen LogP contribution in [0.2, 0.25) is 0 Å². The zero-order valence-electron chi connectivity index (χ0n) is 9.17. The lowest BCUT2D eigenvalue weighted by molar-refractivity contribution is 0.842. The lowest BCUT2D eigenvalue weighted by atomic mass is 10.1. The molecule has 1 nitrogen and oxygen atoms in total. The Kier molecular flexibility index (Phi) is 3.13. The molecular weight excluding hydrogens is 170 g/mol. The van der Waals surface area contributed by atoms with Gasteiger partial charge in [0.15, 0.2) is 0 Å².